The smallest absolute Gasteiger partial charge is 0.168 e. The van der Waals surface area contributed by atoms with Crippen molar-refractivity contribution in [3.05, 3.63) is 23.9 Å². The van der Waals surface area contributed by atoms with Crippen molar-refractivity contribution < 1.29 is 13.9 Å². The maximum absolute atomic E-state index is 13.6. The number of alkyl halides is 1. The Balaban J connectivity index is 2.70. The summed E-state index contributed by atoms with van der Waals surface area (Å²) in [6.45, 7) is 1.46. The molecule has 6 heteroatoms. The molecule has 5 nitrogen and oxygen atoms in total. The van der Waals surface area contributed by atoms with Crippen molar-refractivity contribution >= 4 is 5.82 Å². The summed E-state index contributed by atoms with van der Waals surface area (Å²) < 4.78 is 24.1. The third-order valence-corrected chi connectivity index (χ3v) is 2.92. The molecule has 1 aromatic carbocycles. The number of aromatic nitrogens is 2. The van der Waals surface area contributed by atoms with E-state index in [1.807, 2.05) is 0 Å². The quantitative estimate of drug-likeness (QED) is 0.891. The minimum atomic E-state index is -1.12. The first-order valence-corrected chi connectivity index (χ1v) is 5.77. The van der Waals surface area contributed by atoms with Gasteiger partial charge in [0, 0.05) is 11.1 Å². The molecule has 2 rings (SSSR count). The molecule has 0 amide bonds. The summed E-state index contributed by atoms with van der Waals surface area (Å²) in [5, 5.41) is 6.51. The lowest BCUT2D eigenvalue weighted by atomic mass is 10.0. The minimum absolute atomic E-state index is 0.393. The Morgan fingerprint density at radius 2 is 2.00 bits per heavy atom. The van der Waals surface area contributed by atoms with E-state index in [0.717, 1.165) is 0 Å². The lowest BCUT2D eigenvalue weighted by molar-refractivity contribution is 0.348. The molecule has 0 aliphatic heterocycles. The van der Waals surface area contributed by atoms with Gasteiger partial charge in [0.15, 0.2) is 11.5 Å². The second-order valence-corrected chi connectivity index (χ2v) is 4.12. The predicted octanol–water partition coefficient (Wildman–Crippen LogP) is 2.71. The van der Waals surface area contributed by atoms with Gasteiger partial charge in [-0.3, -0.25) is 5.10 Å². The number of nitrogens with two attached hydrogens (primary N) is 1. The van der Waals surface area contributed by atoms with Crippen LogP contribution in [0.4, 0.5) is 10.2 Å². The van der Waals surface area contributed by atoms with Crippen LogP contribution in [-0.4, -0.2) is 24.4 Å². The van der Waals surface area contributed by atoms with Crippen LogP contribution < -0.4 is 15.2 Å². The second kappa shape index (κ2) is 5.17. The number of hydrogen-bond donors (Lipinski definition) is 2. The maximum Gasteiger partial charge on any atom is 0.168 e. The van der Waals surface area contributed by atoms with Gasteiger partial charge in [-0.15, -0.1) is 0 Å². The van der Waals surface area contributed by atoms with Gasteiger partial charge in [0.05, 0.1) is 20.4 Å². The van der Waals surface area contributed by atoms with Crippen molar-refractivity contribution in [1.82, 2.24) is 10.2 Å². The Kier molecular flexibility index (Phi) is 3.59. The van der Waals surface area contributed by atoms with Crippen molar-refractivity contribution in [2.24, 2.45) is 0 Å². The van der Waals surface area contributed by atoms with Crippen molar-refractivity contribution in [2.75, 3.05) is 20.0 Å². The molecule has 0 aliphatic carbocycles. The summed E-state index contributed by atoms with van der Waals surface area (Å²) in [5.41, 5.74) is 7.60. The van der Waals surface area contributed by atoms with Gasteiger partial charge >= 0.3 is 0 Å². The topological polar surface area (TPSA) is 73.2 Å². The molecule has 0 bridgehead atoms. The van der Waals surface area contributed by atoms with Gasteiger partial charge in [0.2, 0.25) is 0 Å². The summed E-state index contributed by atoms with van der Waals surface area (Å²) >= 11 is 0. The number of nitrogens with one attached hydrogen (secondary N) is 1. The molecular weight excluding hydrogens is 249 g/mol. The van der Waals surface area contributed by atoms with E-state index in [-0.39, 0.29) is 0 Å². The number of rotatable bonds is 4. The Labute approximate surface area is 110 Å². The molecule has 0 fully saturated rings. The van der Waals surface area contributed by atoms with E-state index < -0.39 is 6.17 Å². The fourth-order valence-electron chi connectivity index (χ4n) is 1.93. The zero-order valence-corrected chi connectivity index (χ0v) is 11.0. The molecule has 3 N–H and O–H groups in total. The second-order valence-electron chi connectivity index (χ2n) is 4.12. The van der Waals surface area contributed by atoms with Crippen molar-refractivity contribution in [3.63, 3.8) is 0 Å². The van der Waals surface area contributed by atoms with Crippen LogP contribution in [-0.2, 0) is 0 Å². The van der Waals surface area contributed by atoms with Crippen LogP contribution in [0.1, 0.15) is 18.7 Å². The Bertz CT molecular complexity index is 581. The fraction of sp³-hybridized carbons (Fsp3) is 0.308. The highest BCUT2D eigenvalue weighted by atomic mass is 19.1. The molecule has 0 aliphatic rings. The number of ether oxygens (including phenoxy) is 2. The minimum Gasteiger partial charge on any atom is -0.493 e. The van der Waals surface area contributed by atoms with Crippen LogP contribution in [0.2, 0.25) is 0 Å². The number of hydrogen-bond acceptors (Lipinski definition) is 4. The summed E-state index contributed by atoms with van der Waals surface area (Å²) in [7, 11) is 3.03. The summed E-state index contributed by atoms with van der Waals surface area (Å²) in [6.07, 6.45) is 0.450. The highest BCUT2D eigenvalue weighted by Gasteiger charge is 2.18. The van der Waals surface area contributed by atoms with Crippen molar-refractivity contribution in [3.8, 4) is 22.6 Å². The number of nitrogen functional groups attached to an aromatic ring is 1. The summed E-state index contributed by atoms with van der Waals surface area (Å²) in [5.74, 6) is 1.35. The summed E-state index contributed by atoms with van der Waals surface area (Å²) in [6, 6.07) is 3.30. The molecule has 102 valence electrons. The van der Waals surface area contributed by atoms with E-state index in [1.54, 1.807) is 18.3 Å². The molecule has 1 aromatic heterocycles. The number of aromatic amines is 1. The van der Waals surface area contributed by atoms with E-state index >= 15 is 0 Å². The van der Waals surface area contributed by atoms with Gasteiger partial charge < -0.3 is 15.2 Å². The molecule has 1 unspecified atom stereocenters. The zero-order chi connectivity index (χ0) is 14.0. The number of anilines is 1. The summed E-state index contributed by atoms with van der Waals surface area (Å²) in [4.78, 5) is 0. The first kappa shape index (κ1) is 13.2. The van der Waals surface area contributed by atoms with E-state index in [0.29, 0.717) is 34.0 Å². The van der Waals surface area contributed by atoms with E-state index in [4.69, 9.17) is 15.2 Å². The zero-order valence-electron chi connectivity index (χ0n) is 11.0. The monoisotopic (exact) mass is 265 g/mol. The van der Waals surface area contributed by atoms with Gasteiger partial charge in [-0.1, -0.05) is 0 Å². The standard InChI is InChI=1S/C13H16FN3O2/c1-7(14)8-4-9(10-6-16-17-13(10)15)12(19-3)11(5-8)18-2/h4-7H,1-3H3,(H3,15,16,17). The average Bonchev–Trinajstić information content (AvgIpc) is 2.82. The van der Waals surface area contributed by atoms with Crippen molar-refractivity contribution in [2.45, 2.75) is 13.1 Å². The largest absolute Gasteiger partial charge is 0.493 e. The fourth-order valence-corrected chi connectivity index (χ4v) is 1.93. The van der Waals surface area contributed by atoms with Gasteiger partial charge in [-0.2, -0.15) is 5.10 Å². The normalized spacial score (nSPS) is 12.2. The van der Waals surface area contributed by atoms with Crippen molar-refractivity contribution in [1.29, 1.82) is 0 Å². The number of benzene rings is 1. The van der Waals surface area contributed by atoms with Crippen LogP contribution in [0, 0.1) is 0 Å². The predicted molar refractivity (Wildman–Crippen MR) is 71.1 cm³/mol. The number of H-pyrrole nitrogens is 1. The third kappa shape index (κ3) is 2.33. The lowest BCUT2D eigenvalue weighted by Crippen LogP contribution is -1.98. The lowest BCUT2D eigenvalue weighted by Gasteiger charge is -2.15. The highest BCUT2D eigenvalue weighted by Crippen LogP contribution is 2.42. The van der Waals surface area contributed by atoms with Crippen LogP contribution in [0.3, 0.4) is 0 Å². The van der Waals surface area contributed by atoms with Gasteiger partial charge in [0.1, 0.15) is 12.0 Å². The Hall–Kier alpha value is -2.24. The van der Waals surface area contributed by atoms with Gasteiger partial charge in [-0.05, 0) is 24.6 Å². The highest BCUT2D eigenvalue weighted by molar-refractivity contribution is 5.81. The molecule has 0 spiro atoms. The Morgan fingerprint density at radius 3 is 2.47 bits per heavy atom. The molecule has 19 heavy (non-hydrogen) atoms. The first-order chi connectivity index (χ1) is 9.08. The van der Waals surface area contributed by atoms with Crippen LogP contribution in [0.25, 0.3) is 11.1 Å². The van der Waals surface area contributed by atoms with Gasteiger partial charge in [-0.25, -0.2) is 4.39 Å². The molecule has 2 aromatic rings. The van der Waals surface area contributed by atoms with Gasteiger partial charge in [0.25, 0.3) is 0 Å². The Morgan fingerprint density at radius 1 is 1.26 bits per heavy atom. The van der Waals surface area contributed by atoms with Crippen LogP contribution >= 0.6 is 0 Å². The molecule has 0 radical (unpaired) electrons. The average molecular weight is 265 g/mol. The SMILES string of the molecule is COc1cc(C(C)F)cc(-c2cn[nH]c2N)c1OC. The van der Waals surface area contributed by atoms with Crippen LogP contribution in [0.5, 0.6) is 11.5 Å². The molecule has 0 saturated heterocycles. The number of methoxy groups -OCH3 is 2. The number of nitrogens with zero attached hydrogens (tertiary/aromatic N) is 1. The van der Waals surface area contributed by atoms with Crippen LogP contribution in [0.15, 0.2) is 18.3 Å². The molecule has 0 saturated carbocycles. The molecule has 1 heterocycles. The molecule has 1 atom stereocenters. The van der Waals surface area contributed by atoms with E-state index in [9.17, 15) is 4.39 Å². The first-order valence-electron chi connectivity index (χ1n) is 5.77. The molecular formula is C13H16FN3O2. The van der Waals surface area contributed by atoms with E-state index in [2.05, 4.69) is 10.2 Å². The third-order valence-electron chi connectivity index (χ3n) is 2.92. The maximum atomic E-state index is 13.6. The van der Waals surface area contributed by atoms with E-state index in [1.165, 1.54) is 21.1 Å². The number of halogens is 1.